The highest BCUT2D eigenvalue weighted by atomic mass is 16.3. The van der Waals surface area contributed by atoms with Crippen molar-refractivity contribution in [2.24, 2.45) is 5.73 Å². The van der Waals surface area contributed by atoms with Crippen molar-refractivity contribution in [3.63, 3.8) is 0 Å². The van der Waals surface area contributed by atoms with Gasteiger partial charge in [-0.15, -0.1) is 0 Å². The summed E-state index contributed by atoms with van der Waals surface area (Å²) in [6.07, 6.45) is 2.53. The molecule has 90 valence electrons. The van der Waals surface area contributed by atoms with Gasteiger partial charge in [-0.25, -0.2) is 9.97 Å². The Morgan fingerprint density at radius 2 is 2.24 bits per heavy atom. The summed E-state index contributed by atoms with van der Waals surface area (Å²) in [5.74, 6) is 3.35. The number of anilines is 1. The van der Waals surface area contributed by atoms with E-state index in [0.29, 0.717) is 12.4 Å². The van der Waals surface area contributed by atoms with E-state index in [1.54, 1.807) is 6.20 Å². The first kappa shape index (κ1) is 11.6. The number of aryl methyl sites for hydroxylation is 1. The number of furan rings is 1. The predicted octanol–water partition coefficient (Wildman–Crippen LogP) is 1.49. The minimum atomic E-state index is 0.354. The van der Waals surface area contributed by atoms with E-state index in [4.69, 9.17) is 10.2 Å². The molecule has 0 aromatic carbocycles. The number of nitrogens with zero attached hydrogens (tertiary/aromatic N) is 2. The number of hydrogen-bond acceptors (Lipinski definition) is 5. The molecule has 3 N–H and O–H groups in total. The van der Waals surface area contributed by atoms with E-state index in [1.165, 1.54) is 0 Å². The molecule has 0 saturated heterocycles. The van der Waals surface area contributed by atoms with Crippen LogP contribution in [0.3, 0.4) is 0 Å². The Morgan fingerprint density at radius 3 is 2.94 bits per heavy atom. The van der Waals surface area contributed by atoms with Gasteiger partial charge in [-0.05, 0) is 25.1 Å². The molecule has 0 amide bonds. The van der Waals surface area contributed by atoms with Crippen LogP contribution in [-0.2, 0) is 13.0 Å². The lowest BCUT2D eigenvalue weighted by Crippen LogP contribution is -2.09. The van der Waals surface area contributed by atoms with Crippen molar-refractivity contribution >= 4 is 5.82 Å². The summed E-state index contributed by atoms with van der Waals surface area (Å²) in [5, 5.41) is 3.21. The maximum absolute atomic E-state index is 5.47. The average molecular weight is 232 g/mol. The molecule has 0 aliphatic rings. The third-order valence-corrected chi connectivity index (χ3v) is 2.36. The Balaban J connectivity index is 1.85. The second-order valence-electron chi connectivity index (χ2n) is 3.75. The zero-order valence-electron chi connectivity index (χ0n) is 9.81. The van der Waals surface area contributed by atoms with Gasteiger partial charge in [0.2, 0.25) is 0 Å². The van der Waals surface area contributed by atoms with E-state index in [0.717, 1.165) is 30.3 Å². The van der Waals surface area contributed by atoms with Crippen LogP contribution >= 0.6 is 0 Å². The lowest BCUT2D eigenvalue weighted by atomic mass is 10.3. The smallest absolute Gasteiger partial charge is 0.144 e. The molecule has 0 aliphatic heterocycles. The van der Waals surface area contributed by atoms with Crippen molar-refractivity contribution in [2.75, 3.05) is 11.9 Å². The molecule has 5 heteroatoms. The van der Waals surface area contributed by atoms with Crippen LogP contribution in [0.2, 0.25) is 0 Å². The molecule has 2 rings (SSSR count). The van der Waals surface area contributed by atoms with Crippen LogP contribution in [-0.4, -0.2) is 16.5 Å². The summed E-state index contributed by atoms with van der Waals surface area (Å²) < 4.78 is 5.47. The minimum absolute atomic E-state index is 0.354. The highest BCUT2D eigenvalue weighted by Gasteiger charge is 2.00. The topological polar surface area (TPSA) is 77.0 Å². The van der Waals surface area contributed by atoms with Gasteiger partial charge < -0.3 is 15.5 Å². The molecule has 2 heterocycles. The van der Waals surface area contributed by atoms with Crippen LogP contribution in [0.5, 0.6) is 0 Å². The van der Waals surface area contributed by atoms with Crippen LogP contribution in [0, 0.1) is 6.92 Å². The molecule has 0 radical (unpaired) electrons. The first-order valence-electron chi connectivity index (χ1n) is 5.59. The molecule has 0 spiro atoms. The Bertz CT molecular complexity index is 481. The van der Waals surface area contributed by atoms with Crippen molar-refractivity contribution in [3.05, 3.63) is 41.7 Å². The van der Waals surface area contributed by atoms with Gasteiger partial charge in [0.25, 0.3) is 0 Å². The lowest BCUT2D eigenvalue weighted by Gasteiger charge is -2.04. The van der Waals surface area contributed by atoms with E-state index in [-0.39, 0.29) is 0 Å². The quantitative estimate of drug-likeness (QED) is 0.816. The Kier molecular flexibility index (Phi) is 3.72. The van der Waals surface area contributed by atoms with Crippen LogP contribution < -0.4 is 11.1 Å². The summed E-state index contributed by atoms with van der Waals surface area (Å²) >= 11 is 0. The first-order valence-corrected chi connectivity index (χ1v) is 5.59. The fourth-order valence-electron chi connectivity index (χ4n) is 1.53. The van der Waals surface area contributed by atoms with Crippen LogP contribution in [0.1, 0.15) is 17.3 Å². The van der Waals surface area contributed by atoms with E-state index < -0.39 is 0 Å². The van der Waals surface area contributed by atoms with Gasteiger partial charge in [0.05, 0.1) is 6.54 Å². The highest BCUT2D eigenvalue weighted by molar-refractivity contribution is 5.32. The second-order valence-corrected chi connectivity index (χ2v) is 3.75. The van der Waals surface area contributed by atoms with Gasteiger partial charge >= 0.3 is 0 Å². The second kappa shape index (κ2) is 5.45. The summed E-state index contributed by atoms with van der Waals surface area (Å²) in [6.45, 7) is 3.07. The number of nitrogens with two attached hydrogens (primary N) is 1. The molecule has 2 aromatic rings. The number of aromatic nitrogens is 2. The van der Waals surface area contributed by atoms with Crippen LogP contribution in [0.25, 0.3) is 0 Å². The van der Waals surface area contributed by atoms with Gasteiger partial charge in [-0.1, -0.05) is 0 Å². The fraction of sp³-hybridized carbons (Fsp3) is 0.333. The zero-order chi connectivity index (χ0) is 12.1. The van der Waals surface area contributed by atoms with Crippen molar-refractivity contribution < 1.29 is 4.42 Å². The van der Waals surface area contributed by atoms with Gasteiger partial charge in [-0.2, -0.15) is 0 Å². The molecule has 0 saturated carbocycles. The highest BCUT2D eigenvalue weighted by Crippen LogP contribution is 2.07. The Labute approximate surface area is 100 Å². The van der Waals surface area contributed by atoms with E-state index in [1.807, 2.05) is 25.1 Å². The molecule has 2 aromatic heterocycles. The summed E-state index contributed by atoms with van der Waals surface area (Å²) in [4.78, 5) is 8.28. The minimum Gasteiger partial charge on any atom is -0.466 e. The molecule has 0 atom stereocenters. The molecule has 5 nitrogen and oxygen atoms in total. The number of rotatable bonds is 5. The molecule has 0 aliphatic carbocycles. The van der Waals surface area contributed by atoms with E-state index in [2.05, 4.69) is 15.3 Å². The maximum atomic E-state index is 5.47. The van der Waals surface area contributed by atoms with E-state index in [9.17, 15) is 0 Å². The Morgan fingerprint density at radius 1 is 1.35 bits per heavy atom. The molecule has 0 fully saturated rings. The average Bonchev–Trinajstić information content (AvgIpc) is 2.75. The fourth-order valence-corrected chi connectivity index (χ4v) is 1.53. The normalized spacial score (nSPS) is 10.5. The van der Waals surface area contributed by atoms with Crippen molar-refractivity contribution in [2.45, 2.75) is 19.9 Å². The monoisotopic (exact) mass is 232 g/mol. The van der Waals surface area contributed by atoms with Gasteiger partial charge in [0, 0.05) is 19.2 Å². The summed E-state index contributed by atoms with van der Waals surface area (Å²) in [6, 6.07) is 5.78. The third-order valence-electron chi connectivity index (χ3n) is 2.36. The third kappa shape index (κ3) is 3.29. The molecule has 0 bridgehead atoms. The van der Waals surface area contributed by atoms with Crippen LogP contribution in [0.4, 0.5) is 5.82 Å². The summed E-state index contributed by atoms with van der Waals surface area (Å²) in [7, 11) is 0. The standard InChI is InChI=1S/C12H16N4O/c1-9-2-3-10(17-9)4-6-14-11-5-7-15-12(8-13)16-11/h2-3,5,7H,4,6,8,13H2,1H3,(H,14,15,16). The molecule has 17 heavy (non-hydrogen) atoms. The lowest BCUT2D eigenvalue weighted by molar-refractivity contribution is 0.486. The summed E-state index contributed by atoms with van der Waals surface area (Å²) in [5.41, 5.74) is 5.47. The number of hydrogen-bond donors (Lipinski definition) is 2. The van der Waals surface area contributed by atoms with Crippen molar-refractivity contribution in [1.82, 2.24) is 9.97 Å². The van der Waals surface area contributed by atoms with Crippen LogP contribution in [0.15, 0.2) is 28.8 Å². The molecular weight excluding hydrogens is 216 g/mol. The Hall–Kier alpha value is -1.88. The predicted molar refractivity (Wildman–Crippen MR) is 65.6 cm³/mol. The van der Waals surface area contributed by atoms with Gasteiger partial charge in [-0.3, -0.25) is 0 Å². The first-order chi connectivity index (χ1) is 8.28. The SMILES string of the molecule is Cc1ccc(CCNc2ccnc(CN)n2)o1. The van der Waals surface area contributed by atoms with E-state index >= 15 is 0 Å². The maximum Gasteiger partial charge on any atom is 0.144 e. The molecular formula is C12H16N4O. The van der Waals surface area contributed by atoms with Gasteiger partial charge in [0.15, 0.2) is 0 Å². The number of nitrogens with one attached hydrogen (secondary N) is 1. The largest absolute Gasteiger partial charge is 0.466 e. The van der Waals surface area contributed by atoms with Gasteiger partial charge in [0.1, 0.15) is 23.2 Å². The molecule has 0 unspecified atom stereocenters. The van der Waals surface area contributed by atoms with Crippen molar-refractivity contribution in [1.29, 1.82) is 0 Å². The van der Waals surface area contributed by atoms with Crippen molar-refractivity contribution in [3.8, 4) is 0 Å². The zero-order valence-corrected chi connectivity index (χ0v) is 9.81.